The van der Waals surface area contributed by atoms with Gasteiger partial charge in [-0.2, -0.15) is 0 Å². The number of hydrogen-bond acceptors (Lipinski definition) is 1. The van der Waals surface area contributed by atoms with E-state index in [1.807, 2.05) is 25.1 Å². The lowest BCUT2D eigenvalue weighted by Gasteiger charge is -2.01. The molecule has 1 fully saturated rings. The molecule has 64 valence electrons. The van der Waals surface area contributed by atoms with Gasteiger partial charge in [0.2, 0.25) is 0 Å². The summed E-state index contributed by atoms with van der Waals surface area (Å²) < 4.78 is 0. The van der Waals surface area contributed by atoms with Crippen molar-refractivity contribution in [2.24, 2.45) is 5.92 Å². The average Bonchev–Trinajstić information content (AvgIpc) is 2.53. The van der Waals surface area contributed by atoms with Crippen molar-refractivity contribution in [1.29, 1.82) is 0 Å². The van der Waals surface area contributed by atoms with E-state index in [-0.39, 0.29) is 0 Å². The molecule has 0 aromatic heterocycles. The topological polar surface area (TPSA) is 20.2 Å². The van der Waals surface area contributed by atoms with Crippen molar-refractivity contribution in [3.8, 4) is 0 Å². The van der Waals surface area contributed by atoms with Gasteiger partial charge in [-0.25, -0.2) is 0 Å². The smallest absolute Gasteiger partial charge is 0.0723 e. The Labute approximate surface area is 73.0 Å². The predicted molar refractivity (Wildman–Crippen MR) is 49.0 cm³/mol. The summed E-state index contributed by atoms with van der Waals surface area (Å²) >= 11 is 0. The lowest BCUT2D eigenvalue weighted by Crippen LogP contribution is -2.03. The van der Waals surface area contributed by atoms with Gasteiger partial charge in [-0.05, 0) is 18.4 Å². The summed E-state index contributed by atoms with van der Waals surface area (Å²) in [6.07, 6.45) is 0. The van der Waals surface area contributed by atoms with E-state index >= 15 is 0 Å². The van der Waals surface area contributed by atoms with Gasteiger partial charge in [0.25, 0.3) is 0 Å². The molecule has 1 aromatic rings. The normalized spacial score (nSPS) is 39.6. The van der Waals surface area contributed by atoms with E-state index in [1.165, 1.54) is 5.56 Å². The van der Waals surface area contributed by atoms with Gasteiger partial charge in [0.05, 0.1) is 5.60 Å². The molecule has 0 saturated heterocycles. The van der Waals surface area contributed by atoms with Crippen LogP contribution < -0.4 is 0 Å². The minimum absolute atomic E-state index is 0.346. The molecule has 2 rings (SSSR count). The van der Waals surface area contributed by atoms with Crippen molar-refractivity contribution in [2.45, 2.75) is 25.4 Å². The van der Waals surface area contributed by atoms with Gasteiger partial charge >= 0.3 is 0 Å². The summed E-state index contributed by atoms with van der Waals surface area (Å²) in [5.41, 5.74) is 0.788. The first kappa shape index (κ1) is 7.81. The zero-order valence-electron chi connectivity index (χ0n) is 7.49. The summed E-state index contributed by atoms with van der Waals surface area (Å²) in [7, 11) is 0. The molecule has 12 heavy (non-hydrogen) atoms. The molecule has 1 aromatic carbocycles. The summed E-state index contributed by atoms with van der Waals surface area (Å²) in [5, 5.41) is 9.81. The first-order chi connectivity index (χ1) is 5.64. The van der Waals surface area contributed by atoms with Crippen LogP contribution in [-0.2, 0) is 0 Å². The van der Waals surface area contributed by atoms with E-state index in [9.17, 15) is 5.11 Å². The number of hydrogen-bond donors (Lipinski definition) is 1. The third kappa shape index (κ3) is 0.969. The highest BCUT2D eigenvalue weighted by atomic mass is 16.3. The van der Waals surface area contributed by atoms with E-state index in [0.717, 1.165) is 0 Å². The molecule has 0 aliphatic heterocycles. The van der Waals surface area contributed by atoms with E-state index in [0.29, 0.717) is 11.8 Å². The van der Waals surface area contributed by atoms with Gasteiger partial charge in [0.15, 0.2) is 0 Å². The Morgan fingerprint density at radius 2 is 1.75 bits per heavy atom. The van der Waals surface area contributed by atoms with Crippen molar-refractivity contribution in [3.05, 3.63) is 35.9 Å². The molecule has 0 heterocycles. The second-order valence-electron chi connectivity index (χ2n) is 3.90. The van der Waals surface area contributed by atoms with Gasteiger partial charge in [-0.15, -0.1) is 0 Å². The monoisotopic (exact) mass is 162 g/mol. The Bertz CT molecular complexity index is 276. The standard InChI is InChI=1S/C11H14O/c1-8-10(11(8,2)12)9-6-4-3-5-7-9/h3-8,10,12H,1-2H3/t8-,10+,11-/m1/s1. The fourth-order valence-electron chi connectivity index (χ4n) is 2.00. The highest BCUT2D eigenvalue weighted by molar-refractivity contribution is 5.32. The van der Waals surface area contributed by atoms with Crippen LogP contribution in [0.3, 0.4) is 0 Å². The maximum Gasteiger partial charge on any atom is 0.0723 e. The Hall–Kier alpha value is -0.820. The van der Waals surface area contributed by atoms with Crippen LogP contribution in [0.1, 0.15) is 25.3 Å². The third-order valence-electron chi connectivity index (χ3n) is 3.10. The zero-order valence-corrected chi connectivity index (χ0v) is 7.49. The van der Waals surface area contributed by atoms with Gasteiger partial charge < -0.3 is 5.11 Å². The van der Waals surface area contributed by atoms with E-state index in [1.54, 1.807) is 0 Å². The van der Waals surface area contributed by atoms with Crippen LogP contribution >= 0.6 is 0 Å². The van der Waals surface area contributed by atoms with Gasteiger partial charge in [0, 0.05) is 5.92 Å². The first-order valence-electron chi connectivity index (χ1n) is 4.41. The van der Waals surface area contributed by atoms with Gasteiger partial charge in [-0.1, -0.05) is 37.3 Å². The molecule has 3 atom stereocenters. The highest BCUT2D eigenvalue weighted by Crippen LogP contribution is 2.56. The number of benzene rings is 1. The second kappa shape index (κ2) is 2.33. The maximum absolute atomic E-state index is 9.81. The summed E-state index contributed by atoms with van der Waals surface area (Å²) in [6.45, 7) is 4.01. The molecular formula is C11H14O. The molecule has 0 radical (unpaired) electrons. The molecule has 0 amide bonds. The molecule has 1 heteroatoms. The Morgan fingerprint density at radius 1 is 1.25 bits per heavy atom. The van der Waals surface area contributed by atoms with Crippen molar-refractivity contribution < 1.29 is 5.11 Å². The Kier molecular flexibility index (Phi) is 1.52. The predicted octanol–water partition coefficient (Wildman–Crippen LogP) is 2.17. The quantitative estimate of drug-likeness (QED) is 0.671. The largest absolute Gasteiger partial charge is 0.389 e. The van der Waals surface area contributed by atoms with Gasteiger partial charge in [0.1, 0.15) is 0 Å². The Morgan fingerprint density at radius 3 is 2.17 bits per heavy atom. The summed E-state index contributed by atoms with van der Waals surface area (Å²) in [5.74, 6) is 0.749. The third-order valence-corrected chi connectivity index (χ3v) is 3.10. The molecule has 1 aliphatic carbocycles. The fourth-order valence-corrected chi connectivity index (χ4v) is 2.00. The molecule has 0 spiro atoms. The highest BCUT2D eigenvalue weighted by Gasteiger charge is 2.57. The average molecular weight is 162 g/mol. The van der Waals surface area contributed by atoms with Crippen LogP contribution in [0.25, 0.3) is 0 Å². The van der Waals surface area contributed by atoms with Gasteiger partial charge in [-0.3, -0.25) is 0 Å². The maximum atomic E-state index is 9.81. The molecule has 1 aliphatic rings. The molecule has 1 N–H and O–H groups in total. The van der Waals surface area contributed by atoms with Crippen molar-refractivity contribution >= 4 is 0 Å². The van der Waals surface area contributed by atoms with E-state index in [4.69, 9.17) is 0 Å². The van der Waals surface area contributed by atoms with Crippen LogP contribution in [0.4, 0.5) is 0 Å². The zero-order chi connectivity index (χ0) is 8.77. The van der Waals surface area contributed by atoms with Crippen molar-refractivity contribution in [2.75, 3.05) is 0 Å². The fraction of sp³-hybridized carbons (Fsp3) is 0.455. The molecule has 0 unspecified atom stereocenters. The van der Waals surface area contributed by atoms with E-state index < -0.39 is 5.60 Å². The Balaban J connectivity index is 2.25. The second-order valence-corrected chi connectivity index (χ2v) is 3.90. The van der Waals surface area contributed by atoms with Crippen LogP contribution in [0.2, 0.25) is 0 Å². The minimum Gasteiger partial charge on any atom is -0.389 e. The summed E-state index contributed by atoms with van der Waals surface area (Å²) in [4.78, 5) is 0. The van der Waals surface area contributed by atoms with Crippen molar-refractivity contribution in [3.63, 3.8) is 0 Å². The van der Waals surface area contributed by atoms with Crippen molar-refractivity contribution in [1.82, 2.24) is 0 Å². The number of aliphatic hydroxyl groups is 1. The van der Waals surface area contributed by atoms with Crippen LogP contribution in [0.5, 0.6) is 0 Å². The minimum atomic E-state index is -0.471. The molecule has 1 saturated carbocycles. The van der Waals surface area contributed by atoms with E-state index in [2.05, 4.69) is 19.1 Å². The summed E-state index contributed by atoms with van der Waals surface area (Å²) in [6, 6.07) is 10.2. The van der Waals surface area contributed by atoms with Crippen LogP contribution in [0, 0.1) is 5.92 Å². The lowest BCUT2D eigenvalue weighted by atomic mass is 10.1. The molecule has 0 bridgehead atoms. The number of rotatable bonds is 1. The lowest BCUT2D eigenvalue weighted by molar-refractivity contribution is 0.150. The van der Waals surface area contributed by atoms with Crippen LogP contribution in [0.15, 0.2) is 30.3 Å². The SMILES string of the molecule is C[C@@H]1[C@@H](c2ccccc2)[C@]1(C)O. The first-order valence-corrected chi connectivity index (χ1v) is 4.41. The van der Waals surface area contributed by atoms with Crippen LogP contribution in [-0.4, -0.2) is 10.7 Å². The molecule has 1 nitrogen and oxygen atoms in total. The molecular weight excluding hydrogens is 148 g/mol.